The molecule has 0 radical (unpaired) electrons. The van der Waals surface area contributed by atoms with Crippen molar-refractivity contribution in [1.82, 2.24) is 14.8 Å². The maximum atomic E-state index is 15.1. The number of nitrogens with zero attached hydrogens (tertiary/aromatic N) is 2. The van der Waals surface area contributed by atoms with Crippen molar-refractivity contribution in [3.05, 3.63) is 70.2 Å². The van der Waals surface area contributed by atoms with Gasteiger partial charge in [-0.2, -0.15) is 0 Å². The Morgan fingerprint density at radius 3 is 2.72 bits per heavy atom. The van der Waals surface area contributed by atoms with E-state index in [4.69, 9.17) is 0 Å². The molecular formula is C23H23F2N3O. The monoisotopic (exact) mass is 395 g/mol. The summed E-state index contributed by atoms with van der Waals surface area (Å²) in [7, 11) is 3.50. The summed E-state index contributed by atoms with van der Waals surface area (Å²) < 4.78 is 31.3. The van der Waals surface area contributed by atoms with Crippen LogP contribution >= 0.6 is 0 Å². The van der Waals surface area contributed by atoms with E-state index in [1.165, 1.54) is 30.9 Å². The molecule has 0 bridgehead atoms. The van der Waals surface area contributed by atoms with Gasteiger partial charge in [-0.1, -0.05) is 17.7 Å². The van der Waals surface area contributed by atoms with E-state index in [2.05, 4.69) is 23.3 Å². The number of fused-ring (bicyclic) bond motifs is 3. The molecular weight excluding hydrogens is 372 g/mol. The van der Waals surface area contributed by atoms with Crippen molar-refractivity contribution in [1.29, 1.82) is 0 Å². The topological polar surface area (TPSA) is 37.3 Å². The summed E-state index contributed by atoms with van der Waals surface area (Å²) in [5, 5.41) is 3.50. The minimum Gasteiger partial charge on any atom is -0.355 e. The van der Waals surface area contributed by atoms with Crippen LogP contribution in [0.4, 0.5) is 8.78 Å². The van der Waals surface area contributed by atoms with Crippen molar-refractivity contribution >= 4 is 28.8 Å². The average molecular weight is 395 g/mol. The van der Waals surface area contributed by atoms with Gasteiger partial charge in [-0.3, -0.25) is 4.79 Å². The molecule has 29 heavy (non-hydrogen) atoms. The van der Waals surface area contributed by atoms with Crippen LogP contribution in [0.25, 0.3) is 22.9 Å². The first kappa shape index (κ1) is 19.3. The lowest BCUT2D eigenvalue weighted by Crippen LogP contribution is -2.26. The number of aryl methyl sites for hydroxylation is 1. The number of hydrogen-bond acceptors (Lipinski definition) is 2. The van der Waals surface area contributed by atoms with Gasteiger partial charge >= 0.3 is 0 Å². The molecule has 1 aliphatic heterocycles. The average Bonchev–Trinajstić information content (AvgIpc) is 2.99. The minimum absolute atomic E-state index is 0.103. The summed E-state index contributed by atoms with van der Waals surface area (Å²) in [4.78, 5) is 13.9. The summed E-state index contributed by atoms with van der Waals surface area (Å²) in [6, 6.07) is 9.94. The Morgan fingerprint density at radius 1 is 1.21 bits per heavy atom. The third-order valence-corrected chi connectivity index (χ3v) is 5.49. The molecule has 1 amide bonds. The predicted octanol–water partition coefficient (Wildman–Crippen LogP) is 4.36. The van der Waals surface area contributed by atoms with Crippen LogP contribution in [0.3, 0.4) is 0 Å². The first-order valence-electron chi connectivity index (χ1n) is 9.59. The lowest BCUT2D eigenvalue weighted by Gasteiger charge is -2.23. The molecule has 0 unspecified atom stereocenters. The van der Waals surface area contributed by atoms with Crippen LogP contribution in [-0.4, -0.2) is 36.0 Å². The number of amides is 1. The second kappa shape index (κ2) is 7.44. The molecule has 6 heteroatoms. The van der Waals surface area contributed by atoms with Crippen LogP contribution in [0.1, 0.15) is 32.7 Å². The van der Waals surface area contributed by atoms with Gasteiger partial charge in [0.25, 0.3) is 5.91 Å². The maximum Gasteiger partial charge on any atom is 0.253 e. The van der Waals surface area contributed by atoms with Crippen LogP contribution in [0, 0.1) is 12.7 Å². The van der Waals surface area contributed by atoms with Gasteiger partial charge < -0.3 is 14.8 Å². The van der Waals surface area contributed by atoms with E-state index >= 15 is 4.39 Å². The zero-order chi connectivity index (χ0) is 20.7. The molecule has 4 nitrogen and oxygen atoms in total. The quantitative estimate of drug-likeness (QED) is 0.715. The lowest BCUT2D eigenvalue weighted by molar-refractivity contribution is 0.0959. The van der Waals surface area contributed by atoms with Crippen molar-refractivity contribution in [3.8, 4) is 0 Å². The van der Waals surface area contributed by atoms with Gasteiger partial charge in [0.15, 0.2) is 0 Å². The number of hydrogen-bond donors (Lipinski definition) is 1. The van der Waals surface area contributed by atoms with Crippen LogP contribution in [-0.2, 0) is 13.0 Å². The number of benzene rings is 2. The second-order valence-corrected chi connectivity index (χ2v) is 7.55. The Balaban J connectivity index is 1.82. The summed E-state index contributed by atoms with van der Waals surface area (Å²) in [6.45, 7) is 3.75. The molecule has 1 aliphatic rings. The fraction of sp³-hybridized carbons (Fsp3) is 0.261. The summed E-state index contributed by atoms with van der Waals surface area (Å²) in [5.41, 5.74) is 4.39. The van der Waals surface area contributed by atoms with Crippen molar-refractivity contribution in [2.45, 2.75) is 19.9 Å². The Labute approximate surface area is 168 Å². The van der Waals surface area contributed by atoms with E-state index in [0.717, 1.165) is 47.7 Å². The van der Waals surface area contributed by atoms with E-state index in [9.17, 15) is 9.18 Å². The van der Waals surface area contributed by atoms with Gasteiger partial charge in [0.2, 0.25) is 0 Å². The number of aromatic nitrogens is 1. The molecule has 0 saturated carbocycles. The highest BCUT2D eigenvalue weighted by Gasteiger charge is 2.22. The van der Waals surface area contributed by atoms with E-state index in [0.29, 0.717) is 0 Å². The molecule has 2 heterocycles. The van der Waals surface area contributed by atoms with Crippen molar-refractivity contribution in [2.24, 2.45) is 0 Å². The second-order valence-electron chi connectivity index (χ2n) is 7.55. The standard InChI is InChI=1S/C23H23F2N3O/c1-14-4-7-21-17(10-14)18-12-27(3)9-8-22(18)28(21)13-20(25)15-5-6-16(19(24)11-15)23(29)26-2/h4-7,10-11,13H,8-9,12H2,1-3H3,(H,26,29). The van der Waals surface area contributed by atoms with E-state index < -0.39 is 17.6 Å². The highest BCUT2D eigenvalue weighted by Crippen LogP contribution is 2.33. The van der Waals surface area contributed by atoms with E-state index in [1.807, 2.05) is 23.6 Å². The van der Waals surface area contributed by atoms with Gasteiger partial charge in [-0.15, -0.1) is 0 Å². The zero-order valence-electron chi connectivity index (χ0n) is 16.7. The Morgan fingerprint density at radius 2 is 2.00 bits per heavy atom. The normalized spacial score (nSPS) is 14.9. The van der Waals surface area contributed by atoms with Gasteiger partial charge in [-0.05, 0) is 43.8 Å². The lowest BCUT2D eigenvalue weighted by atomic mass is 10.0. The maximum absolute atomic E-state index is 15.1. The molecule has 150 valence electrons. The molecule has 2 aromatic carbocycles. The van der Waals surface area contributed by atoms with E-state index in [-0.39, 0.29) is 11.1 Å². The van der Waals surface area contributed by atoms with E-state index in [1.54, 1.807) is 0 Å². The van der Waals surface area contributed by atoms with Gasteiger partial charge in [-0.25, -0.2) is 8.78 Å². The molecule has 4 rings (SSSR count). The summed E-state index contributed by atoms with van der Waals surface area (Å²) in [5.74, 6) is -1.84. The molecule has 0 fully saturated rings. The van der Waals surface area contributed by atoms with Crippen molar-refractivity contribution in [2.75, 3.05) is 20.6 Å². The molecule has 1 N–H and O–H groups in total. The fourth-order valence-electron chi connectivity index (χ4n) is 3.96. The molecule has 3 aromatic rings. The molecule has 0 aliphatic carbocycles. The predicted molar refractivity (Wildman–Crippen MR) is 112 cm³/mol. The van der Waals surface area contributed by atoms with Crippen LogP contribution < -0.4 is 5.32 Å². The van der Waals surface area contributed by atoms with Gasteiger partial charge in [0.1, 0.15) is 11.6 Å². The van der Waals surface area contributed by atoms with Gasteiger partial charge in [0.05, 0.1) is 11.1 Å². The zero-order valence-corrected chi connectivity index (χ0v) is 16.7. The SMILES string of the molecule is CNC(=O)c1ccc(C(F)=Cn2c3c(c4cc(C)ccc42)CN(C)CC3)cc1F. The highest BCUT2D eigenvalue weighted by atomic mass is 19.1. The Bertz CT molecular complexity index is 1150. The number of rotatable bonds is 3. The number of likely N-dealkylation sites (N-methyl/N-ethyl adjacent to an activating group) is 1. The summed E-state index contributed by atoms with van der Waals surface area (Å²) in [6.07, 6.45) is 2.24. The third-order valence-electron chi connectivity index (χ3n) is 5.49. The first-order chi connectivity index (χ1) is 13.9. The van der Waals surface area contributed by atoms with Crippen molar-refractivity contribution < 1.29 is 13.6 Å². The van der Waals surface area contributed by atoms with Crippen molar-refractivity contribution in [3.63, 3.8) is 0 Å². The van der Waals surface area contributed by atoms with Crippen LogP contribution in [0.15, 0.2) is 36.4 Å². The molecule has 0 atom stereocenters. The third kappa shape index (κ3) is 3.44. The molecule has 0 saturated heterocycles. The Hall–Kier alpha value is -2.99. The van der Waals surface area contributed by atoms with Crippen LogP contribution in [0.2, 0.25) is 0 Å². The minimum atomic E-state index is -0.748. The number of nitrogens with one attached hydrogen (secondary N) is 1. The summed E-state index contributed by atoms with van der Waals surface area (Å²) >= 11 is 0. The van der Waals surface area contributed by atoms with Gasteiger partial charge in [0, 0.05) is 49.4 Å². The van der Waals surface area contributed by atoms with Crippen LogP contribution in [0.5, 0.6) is 0 Å². The first-order valence-corrected chi connectivity index (χ1v) is 9.59. The Kier molecular flexibility index (Phi) is 4.96. The largest absolute Gasteiger partial charge is 0.355 e. The number of halogens is 2. The number of carbonyl (C=O) groups excluding carboxylic acids is 1. The molecule has 0 spiro atoms. The fourth-order valence-corrected chi connectivity index (χ4v) is 3.96. The molecule has 1 aromatic heterocycles. The number of carbonyl (C=O) groups is 1. The highest BCUT2D eigenvalue weighted by molar-refractivity contribution is 5.95. The smallest absolute Gasteiger partial charge is 0.253 e.